The number of ether oxygens (including phenoxy) is 1. The molecule has 2 heterocycles. The van der Waals surface area contributed by atoms with Crippen molar-refractivity contribution in [2.75, 3.05) is 20.2 Å². The van der Waals surface area contributed by atoms with E-state index < -0.39 is 0 Å². The Labute approximate surface area is 182 Å². The molecule has 2 aromatic carbocycles. The number of carbonyl (C=O) groups is 1. The first kappa shape index (κ1) is 20.8. The molecule has 6 heteroatoms. The molecule has 30 heavy (non-hydrogen) atoms. The third-order valence-corrected chi connectivity index (χ3v) is 6.27. The number of nitrogens with zero attached hydrogens (tertiary/aromatic N) is 2. The lowest BCUT2D eigenvalue weighted by atomic mass is 9.95. The molecule has 4 rings (SSSR count). The van der Waals surface area contributed by atoms with E-state index in [2.05, 4.69) is 34.1 Å². The molecule has 0 bridgehead atoms. The number of piperidine rings is 1. The molecular weight excluding hydrogens is 398 g/mol. The number of amides is 1. The fourth-order valence-electron chi connectivity index (χ4n) is 4.34. The second-order valence-corrected chi connectivity index (χ2v) is 8.44. The number of fused-ring (bicyclic) bond motifs is 1. The first-order valence-corrected chi connectivity index (χ1v) is 10.8. The maximum Gasteiger partial charge on any atom is 0.223 e. The summed E-state index contributed by atoms with van der Waals surface area (Å²) in [5.74, 6) is 1.01. The van der Waals surface area contributed by atoms with Crippen LogP contribution in [0.1, 0.15) is 24.0 Å². The van der Waals surface area contributed by atoms with Gasteiger partial charge in [-0.05, 0) is 55.8 Å². The molecule has 1 fully saturated rings. The minimum atomic E-state index is 0.0675. The standard InChI is InChI=1S/C24H28ClN3O2/c1-27-15-19(21-13-20(25)7-8-22(21)27)16-28-11-9-17(10-12-28)24(29)26-14-18-5-3-4-6-23(18)30-2/h3-8,13,15,17H,9-12,14,16H2,1-2H3,(H,26,29). The fourth-order valence-corrected chi connectivity index (χ4v) is 4.51. The number of hydrogen-bond donors (Lipinski definition) is 1. The highest BCUT2D eigenvalue weighted by atomic mass is 35.5. The number of nitrogens with one attached hydrogen (secondary N) is 1. The van der Waals surface area contributed by atoms with Crippen LogP contribution >= 0.6 is 11.6 Å². The predicted molar refractivity (Wildman–Crippen MR) is 121 cm³/mol. The van der Waals surface area contributed by atoms with Crippen LogP contribution < -0.4 is 10.1 Å². The van der Waals surface area contributed by atoms with Crippen LogP contribution in [0.5, 0.6) is 5.75 Å². The van der Waals surface area contributed by atoms with Crippen molar-refractivity contribution in [3.8, 4) is 5.75 Å². The maximum absolute atomic E-state index is 12.7. The van der Waals surface area contributed by atoms with E-state index in [9.17, 15) is 4.79 Å². The molecule has 3 aromatic rings. The van der Waals surface area contributed by atoms with Gasteiger partial charge in [0, 0.05) is 53.7 Å². The third-order valence-electron chi connectivity index (χ3n) is 6.03. The number of aromatic nitrogens is 1. The minimum absolute atomic E-state index is 0.0675. The lowest BCUT2D eigenvalue weighted by Crippen LogP contribution is -2.40. The van der Waals surface area contributed by atoms with Gasteiger partial charge in [-0.25, -0.2) is 0 Å². The lowest BCUT2D eigenvalue weighted by molar-refractivity contribution is -0.126. The van der Waals surface area contributed by atoms with Crippen LogP contribution in [0.3, 0.4) is 0 Å². The van der Waals surface area contributed by atoms with Gasteiger partial charge in [0.05, 0.1) is 7.11 Å². The summed E-state index contributed by atoms with van der Waals surface area (Å²) < 4.78 is 7.52. The van der Waals surface area contributed by atoms with Crippen LogP contribution in [-0.4, -0.2) is 35.6 Å². The van der Waals surface area contributed by atoms with Crippen molar-refractivity contribution >= 4 is 28.4 Å². The molecule has 0 atom stereocenters. The molecular formula is C24H28ClN3O2. The summed E-state index contributed by atoms with van der Waals surface area (Å²) in [5, 5.41) is 5.06. The van der Waals surface area contributed by atoms with Crippen LogP contribution in [0.4, 0.5) is 0 Å². The van der Waals surface area contributed by atoms with E-state index >= 15 is 0 Å². The van der Waals surface area contributed by atoms with E-state index in [-0.39, 0.29) is 11.8 Å². The number of rotatable bonds is 6. The molecule has 5 nitrogen and oxygen atoms in total. The molecule has 0 saturated carbocycles. The van der Waals surface area contributed by atoms with Gasteiger partial charge >= 0.3 is 0 Å². The van der Waals surface area contributed by atoms with E-state index in [1.165, 1.54) is 16.5 Å². The van der Waals surface area contributed by atoms with Crippen molar-refractivity contribution in [2.45, 2.75) is 25.9 Å². The van der Waals surface area contributed by atoms with Crippen LogP contribution in [0.2, 0.25) is 5.02 Å². The second kappa shape index (κ2) is 9.11. The van der Waals surface area contributed by atoms with E-state index in [0.717, 1.165) is 48.8 Å². The normalized spacial score (nSPS) is 15.4. The Kier molecular flexibility index (Phi) is 6.30. The Bertz CT molecular complexity index is 1040. The average molecular weight is 426 g/mol. The van der Waals surface area contributed by atoms with Gasteiger partial charge in [-0.2, -0.15) is 0 Å². The zero-order valence-corrected chi connectivity index (χ0v) is 18.3. The van der Waals surface area contributed by atoms with Crippen LogP contribution in [0.15, 0.2) is 48.7 Å². The topological polar surface area (TPSA) is 46.5 Å². The molecule has 1 saturated heterocycles. The average Bonchev–Trinajstić information content (AvgIpc) is 3.07. The number of halogens is 1. The summed E-state index contributed by atoms with van der Waals surface area (Å²) >= 11 is 6.21. The molecule has 1 amide bonds. The van der Waals surface area contributed by atoms with Gasteiger partial charge in [0.15, 0.2) is 0 Å². The number of carbonyl (C=O) groups excluding carboxylic acids is 1. The number of methoxy groups -OCH3 is 1. The highest BCUT2D eigenvalue weighted by Gasteiger charge is 2.25. The molecule has 0 radical (unpaired) electrons. The highest BCUT2D eigenvalue weighted by molar-refractivity contribution is 6.31. The molecule has 0 aliphatic carbocycles. The number of aryl methyl sites for hydroxylation is 1. The summed E-state index contributed by atoms with van der Waals surface area (Å²) in [6.07, 6.45) is 3.94. The van der Waals surface area contributed by atoms with E-state index in [1.54, 1.807) is 7.11 Å². The monoisotopic (exact) mass is 425 g/mol. The molecule has 0 spiro atoms. The van der Waals surface area contributed by atoms with Gasteiger partial charge in [-0.1, -0.05) is 29.8 Å². The number of likely N-dealkylation sites (tertiary alicyclic amines) is 1. The van der Waals surface area contributed by atoms with Crippen molar-refractivity contribution in [3.63, 3.8) is 0 Å². The van der Waals surface area contributed by atoms with Crippen LogP contribution in [0, 0.1) is 5.92 Å². The maximum atomic E-state index is 12.7. The molecule has 1 aliphatic heterocycles. The van der Waals surface area contributed by atoms with Gasteiger partial charge in [0.1, 0.15) is 5.75 Å². The van der Waals surface area contributed by atoms with Gasteiger partial charge in [-0.3, -0.25) is 9.69 Å². The van der Waals surface area contributed by atoms with E-state index in [1.807, 2.05) is 36.4 Å². The second-order valence-electron chi connectivity index (χ2n) is 8.01. The Morgan fingerprint density at radius 1 is 1.17 bits per heavy atom. The quantitative estimate of drug-likeness (QED) is 0.638. The number of hydrogen-bond acceptors (Lipinski definition) is 3. The van der Waals surface area contributed by atoms with Crippen molar-refractivity contribution < 1.29 is 9.53 Å². The molecule has 1 aliphatic rings. The summed E-state index contributed by atoms with van der Waals surface area (Å²) in [6.45, 7) is 3.22. The number of benzene rings is 2. The van der Waals surface area contributed by atoms with Gasteiger partial charge < -0.3 is 14.6 Å². The molecule has 158 valence electrons. The molecule has 1 aromatic heterocycles. The largest absolute Gasteiger partial charge is 0.496 e. The predicted octanol–water partition coefficient (Wildman–Crippen LogP) is 4.37. The Morgan fingerprint density at radius 3 is 2.70 bits per heavy atom. The van der Waals surface area contributed by atoms with Crippen molar-refractivity contribution in [1.29, 1.82) is 0 Å². The summed E-state index contributed by atoms with van der Waals surface area (Å²) in [6, 6.07) is 13.8. The summed E-state index contributed by atoms with van der Waals surface area (Å²) in [4.78, 5) is 15.1. The van der Waals surface area contributed by atoms with Gasteiger partial charge in [0.25, 0.3) is 0 Å². The van der Waals surface area contributed by atoms with Gasteiger partial charge in [-0.15, -0.1) is 0 Å². The Balaban J connectivity index is 1.32. The van der Waals surface area contributed by atoms with Crippen molar-refractivity contribution in [3.05, 3.63) is 64.8 Å². The van der Waals surface area contributed by atoms with E-state index in [4.69, 9.17) is 16.3 Å². The minimum Gasteiger partial charge on any atom is -0.496 e. The zero-order chi connectivity index (χ0) is 21.1. The summed E-state index contributed by atoms with van der Waals surface area (Å²) in [5.41, 5.74) is 3.48. The molecule has 1 N–H and O–H groups in total. The summed E-state index contributed by atoms with van der Waals surface area (Å²) in [7, 11) is 3.72. The van der Waals surface area contributed by atoms with Crippen molar-refractivity contribution in [1.82, 2.24) is 14.8 Å². The number of para-hydroxylation sites is 1. The smallest absolute Gasteiger partial charge is 0.223 e. The Morgan fingerprint density at radius 2 is 1.93 bits per heavy atom. The highest BCUT2D eigenvalue weighted by Crippen LogP contribution is 2.27. The Hall–Kier alpha value is -2.50. The molecule has 0 unspecified atom stereocenters. The fraction of sp³-hybridized carbons (Fsp3) is 0.375. The first-order valence-electron chi connectivity index (χ1n) is 10.4. The van der Waals surface area contributed by atoms with Crippen molar-refractivity contribution in [2.24, 2.45) is 13.0 Å². The lowest BCUT2D eigenvalue weighted by Gasteiger charge is -2.31. The third kappa shape index (κ3) is 4.47. The van der Waals surface area contributed by atoms with E-state index in [0.29, 0.717) is 6.54 Å². The van der Waals surface area contributed by atoms with Crippen LogP contribution in [0.25, 0.3) is 10.9 Å². The zero-order valence-electron chi connectivity index (χ0n) is 17.5. The first-order chi connectivity index (χ1) is 14.5. The van der Waals surface area contributed by atoms with Gasteiger partial charge in [0.2, 0.25) is 5.91 Å². The van der Waals surface area contributed by atoms with Crippen LogP contribution in [-0.2, 0) is 24.9 Å². The SMILES string of the molecule is COc1ccccc1CNC(=O)C1CCN(Cc2cn(C)c3ccc(Cl)cc23)CC1.